The maximum absolute atomic E-state index is 14.0. The van der Waals surface area contributed by atoms with Crippen molar-refractivity contribution in [1.29, 1.82) is 0 Å². The van der Waals surface area contributed by atoms with E-state index in [1.165, 1.54) is 16.7 Å². The molecule has 1 unspecified atom stereocenters. The Morgan fingerprint density at radius 2 is 2.16 bits per heavy atom. The van der Waals surface area contributed by atoms with Crippen LogP contribution in [0, 0.1) is 6.92 Å². The second kappa shape index (κ2) is 4.84. The summed E-state index contributed by atoms with van der Waals surface area (Å²) < 4.78 is 28.0. The Kier molecular flexibility index (Phi) is 3.31. The number of alkyl halides is 2. The predicted octanol–water partition coefficient (Wildman–Crippen LogP) is 2.35. The Bertz CT molecular complexity index is 473. The third-order valence-corrected chi connectivity index (χ3v) is 4.29. The molecule has 4 heteroatoms. The van der Waals surface area contributed by atoms with Crippen molar-refractivity contribution in [3.8, 4) is 0 Å². The topological polar surface area (TPSA) is 15.3 Å². The minimum atomic E-state index is -2.61. The Morgan fingerprint density at radius 1 is 1.32 bits per heavy atom. The fourth-order valence-corrected chi connectivity index (χ4v) is 3.25. The molecule has 1 saturated heterocycles. The van der Waals surface area contributed by atoms with Crippen LogP contribution >= 0.6 is 0 Å². The Labute approximate surface area is 112 Å². The van der Waals surface area contributed by atoms with E-state index in [1.54, 1.807) is 0 Å². The molecule has 0 aromatic heterocycles. The average molecular weight is 266 g/mol. The molecule has 2 nitrogen and oxygen atoms in total. The van der Waals surface area contributed by atoms with Gasteiger partial charge in [-0.15, -0.1) is 0 Å². The highest BCUT2D eigenvalue weighted by Crippen LogP contribution is 2.31. The number of nitrogens with one attached hydrogen (secondary N) is 1. The predicted molar refractivity (Wildman–Crippen MR) is 71.5 cm³/mol. The molecule has 19 heavy (non-hydrogen) atoms. The van der Waals surface area contributed by atoms with Crippen molar-refractivity contribution in [2.45, 2.75) is 38.3 Å². The van der Waals surface area contributed by atoms with Gasteiger partial charge in [-0.3, -0.25) is 4.90 Å². The summed E-state index contributed by atoms with van der Waals surface area (Å²) in [5.41, 5.74) is 3.75. The van der Waals surface area contributed by atoms with Crippen molar-refractivity contribution in [2.24, 2.45) is 0 Å². The van der Waals surface area contributed by atoms with E-state index in [2.05, 4.69) is 30.4 Å². The van der Waals surface area contributed by atoms with E-state index in [-0.39, 0.29) is 6.54 Å². The number of hydrogen-bond donors (Lipinski definition) is 1. The van der Waals surface area contributed by atoms with Gasteiger partial charge in [-0.05, 0) is 37.4 Å². The molecule has 0 radical (unpaired) electrons. The van der Waals surface area contributed by atoms with Crippen molar-refractivity contribution >= 4 is 0 Å². The van der Waals surface area contributed by atoms with Crippen LogP contribution in [0.5, 0.6) is 0 Å². The molecular formula is C15H20F2N2. The van der Waals surface area contributed by atoms with Crippen molar-refractivity contribution in [1.82, 2.24) is 10.2 Å². The second-order valence-electron chi connectivity index (χ2n) is 5.73. The maximum atomic E-state index is 14.0. The molecule has 1 fully saturated rings. The molecule has 0 saturated carbocycles. The molecule has 2 aliphatic rings. The van der Waals surface area contributed by atoms with E-state index in [9.17, 15) is 8.78 Å². The van der Waals surface area contributed by atoms with Crippen LogP contribution in [0.2, 0.25) is 0 Å². The number of nitrogens with zero attached hydrogens (tertiary/aromatic N) is 1. The van der Waals surface area contributed by atoms with E-state index in [1.807, 2.05) is 4.90 Å². The van der Waals surface area contributed by atoms with E-state index in [0.717, 1.165) is 13.0 Å². The number of piperidine rings is 1. The lowest BCUT2D eigenvalue weighted by Gasteiger charge is -2.42. The molecule has 1 N–H and O–H groups in total. The van der Waals surface area contributed by atoms with Gasteiger partial charge < -0.3 is 5.32 Å². The van der Waals surface area contributed by atoms with Gasteiger partial charge in [0.15, 0.2) is 0 Å². The molecular weight excluding hydrogens is 246 g/mol. The first-order valence-electron chi connectivity index (χ1n) is 6.97. The fraction of sp³-hybridized carbons (Fsp3) is 0.600. The SMILES string of the molecule is Cc1ccc2c(c1)CN(C1CCNCC1(F)F)CC2. The van der Waals surface area contributed by atoms with E-state index in [0.29, 0.717) is 19.5 Å². The third-order valence-electron chi connectivity index (χ3n) is 4.29. The van der Waals surface area contributed by atoms with Crippen molar-refractivity contribution in [3.05, 3.63) is 34.9 Å². The number of aryl methyl sites for hydroxylation is 1. The summed E-state index contributed by atoms with van der Waals surface area (Å²) in [7, 11) is 0. The molecule has 0 amide bonds. The molecule has 1 atom stereocenters. The number of fused-ring (bicyclic) bond motifs is 1. The molecule has 104 valence electrons. The van der Waals surface area contributed by atoms with Gasteiger partial charge in [0.2, 0.25) is 0 Å². The van der Waals surface area contributed by atoms with Crippen LogP contribution in [-0.2, 0) is 13.0 Å². The summed E-state index contributed by atoms with van der Waals surface area (Å²) in [6, 6.07) is 5.78. The maximum Gasteiger partial charge on any atom is 0.275 e. The summed E-state index contributed by atoms with van der Waals surface area (Å²) in [4.78, 5) is 1.97. The molecule has 1 aromatic carbocycles. The van der Waals surface area contributed by atoms with Crippen LogP contribution < -0.4 is 5.32 Å². The normalized spacial score (nSPS) is 27.0. The van der Waals surface area contributed by atoms with Crippen LogP contribution in [0.4, 0.5) is 8.78 Å². The van der Waals surface area contributed by atoms with Gasteiger partial charge in [-0.2, -0.15) is 0 Å². The van der Waals surface area contributed by atoms with Crippen LogP contribution in [0.15, 0.2) is 18.2 Å². The number of halogens is 2. The van der Waals surface area contributed by atoms with E-state index >= 15 is 0 Å². The first kappa shape index (κ1) is 13.0. The van der Waals surface area contributed by atoms with Crippen LogP contribution in [0.3, 0.4) is 0 Å². The lowest BCUT2D eigenvalue weighted by molar-refractivity contribution is -0.0990. The quantitative estimate of drug-likeness (QED) is 0.839. The van der Waals surface area contributed by atoms with Crippen molar-refractivity contribution in [3.63, 3.8) is 0 Å². The van der Waals surface area contributed by atoms with Crippen LogP contribution in [0.25, 0.3) is 0 Å². The van der Waals surface area contributed by atoms with Crippen LogP contribution in [-0.4, -0.2) is 36.5 Å². The molecule has 0 bridgehead atoms. The Balaban J connectivity index is 1.81. The Hall–Kier alpha value is -1.00. The molecule has 0 aliphatic carbocycles. The van der Waals surface area contributed by atoms with Gasteiger partial charge in [0.05, 0.1) is 12.6 Å². The van der Waals surface area contributed by atoms with Gasteiger partial charge in [0.1, 0.15) is 0 Å². The molecule has 0 spiro atoms. The summed E-state index contributed by atoms with van der Waals surface area (Å²) in [6.07, 6.45) is 1.42. The van der Waals surface area contributed by atoms with Gasteiger partial charge in [0.25, 0.3) is 5.92 Å². The van der Waals surface area contributed by atoms with Gasteiger partial charge in [0, 0.05) is 13.1 Å². The second-order valence-corrected chi connectivity index (χ2v) is 5.73. The molecule has 1 aromatic rings. The Morgan fingerprint density at radius 3 is 2.95 bits per heavy atom. The monoisotopic (exact) mass is 266 g/mol. The lowest BCUT2D eigenvalue weighted by Crippen LogP contribution is -2.58. The number of hydrogen-bond acceptors (Lipinski definition) is 2. The first-order chi connectivity index (χ1) is 9.06. The summed E-state index contributed by atoms with van der Waals surface area (Å²) in [5, 5.41) is 2.80. The third kappa shape index (κ3) is 2.51. The highest BCUT2D eigenvalue weighted by Gasteiger charge is 2.45. The zero-order valence-electron chi connectivity index (χ0n) is 11.3. The van der Waals surface area contributed by atoms with Gasteiger partial charge >= 0.3 is 0 Å². The van der Waals surface area contributed by atoms with Gasteiger partial charge in [-0.25, -0.2) is 8.78 Å². The average Bonchev–Trinajstić information content (AvgIpc) is 2.37. The summed E-state index contributed by atoms with van der Waals surface area (Å²) in [5.74, 6) is -2.61. The summed E-state index contributed by atoms with van der Waals surface area (Å²) >= 11 is 0. The molecule has 3 rings (SSSR count). The van der Waals surface area contributed by atoms with Crippen molar-refractivity contribution in [2.75, 3.05) is 19.6 Å². The minimum absolute atomic E-state index is 0.186. The zero-order valence-corrected chi connectivity index (χ0v) is 11.3. The lowest BCUT2D eigenvalue weighted by atomic mass is 9.93. The van der Waals surface area contributed by atoms with Crippen molar-refractivity contribution < 1.29 is 8.78 Å². The van der Waals surface area contributed by atoms with Gasteiger partial charge in [-0.1, -0.05) is 23.8 Å². The molecule has 2 heterocycles. The fourth-order valence-electron chi connectivity index (χ4n) is 3.25. The largest absolute Gasteiger partial charge is 0.311 e. The van der Waals surface area contributed by atoms with Crippen LogP contribution in [0.1, 0.15) is 23.1 Å². The highest BCUT2D eigenvalue weighted by molar-refractivity contribution is 5.33. The zero-order chi connectivity index (χ0) is 13.5. The summed E-state index contributed by atoms with van der Waals surface area (Å²) in [6.45, 7) is 3.97. The molecule has 2 aliphatic heterocycles. The minimum Gasteiger partial charge on any atom is -0.311 e. The standard InChI is InChI=1S/C15H20F2N2/c1-11-2-3-12-5-7-19(9-13(12)8-11)14-4-6-18-10-15(14,16)17/h2-3,8,14,18H,4-7,9-10H2,1H3. The highest BCUT2D eigenvalue weighted by atomic mass is 19.3. The number of benzene rings is 1. The number of rotatable bonds is 1. The smallest absolute Gasteiger partial charge is 0.275 e. The first-order valence-corrected chi connectivity index (χ1v) is 6.97. The van der Waals surface area contributed by atoms with E-state index in [4.69, 9.17) is 0 Å². The van der Waals surface area contributed by atoms with E-state index < -0.39 is 12.0 Å².